The maximum absolute atomic E-state index is 14.9. The van der Waals surface area contributed by atoms with Crippen LogP contribution in [0.1, 0.15) is 39.6 Å². The van der Waals surface area contributed by atoms with Gasteiger partial charge in [-0.25, -0.2) is 9.18 Å². The molecule has 5 rings (SSSR count). The molecular formula is C33H32F4N6O2. The zero-order valence-corrected chi connectivity index (χ0v) is 24.6. The Hall–Kier alpha value is -4.73. The molecule has 1 aromatic heterocycles. The Morgan fingerprint density at radius 1 is 0.911 bits per heavy atom. The topological polar surface area (TPSA) is 100 Å². The fourth-order valence-corrected chi connectivity index (χ4v) is 5.77. The lowest BCUT2D eigenvalue weighted by Gasteiger charge is -2.37. The third-order valence-electron chi connectivity index (χ3n) is 8.16. The predicted octanol–water partition coefficient (Wildman–Crippen LogP) is 4.42. The lowest BCUT2D eigenvalue weighted by molar-refractivity contribution is -0.138. The van der Waals surface area contributed by atoms with Crippen molar-refractivity contribution in [1.29, 1.82) is 5.26 Å². The van der Waals surface area contributed by atoms with E-state index in [0.29, 0.717) is 43.9 Å². The van der Waals surface area contributed by atoms with E-state index in [2.05, 4.69) is 11.0 Å². The predicted molar refractivity (Wildman–Crippen MR) is 162 cm³/mol. The molecule has 2 N–H and O–H groups in total. The summed E-state index contributed by atoms with van der Waals surface area (Å²) in [5.74, 6) is -1.11. The van der Waals surface area contributed by atoms with Crippen LogP contribution in [0.2, 0.25) is 0 Å². The molecule has 3 aromatic carbocycles. The van der Waals surface area contributed by atoms with Crippen LogP contribution in [0.15, 0.2) is 82.4 Å². The molecule has 1 atom stereocenters. The smallest absolute Gasteiger partial charge is 0.363 e. The summed E-state index contributed by atoms with van der Waals surface area (Å²) in [6, 6.07) is 20.2. The van der Waals surface area contributed by atoms with E-state index >= 15 is 0 Å². The first-order chi connectivity index (χ1) is 21.5. The Bertz CT molecular complexity index is 1840. The number of aromatic nitrogens is 2. The molecule has 0 saturated carbocycles. The fourth-order valence-electron chi connectivity index (χ4n) is 5.77. The van der Waals surface area contributed by atoms with Crippen LogP contribution < -0.4 is 21.9 Å². The van der Waals surface area contributed by atoms with Crippen molar-refractivity contribution in [2.24, 2.45) is 5.73 Å². The molecule has 0 spiro atoms. The van der Waals surface area contributed by atoms with Crippen molar-refractivity contribution >= 4 is 5.69 Å². The SMILES string of the molecule is Cc1c(N2CCN(Cc3cccc(C#N)c3)CC2)c(=O)n(C[C@@H](N)c2ccccc2)c(=O)n1Cc1c(F)cccc1C(F)(F)F. The second kappa shape index (κ2) is 13.1. The molecule has 12 heteroatoms. The highest BCUT2D eigenvalue weighted by atomic mass is 19.4. The highest BCUT2D eigenvalue weighted by Crippen LogP contribution is 2.33. The molecule has 1 saturated heterocycles. The highest BCUT2D eigenvalue weighted by molar-refractivity contribution is 5.50. The van der Waals surface area contributed by atoms with Gasteiger partial charge in [0, 0.05) is 50.0 Å². The lowest BCUT2D eigenvalue weighted by atomic mass is 10.1. The summed E-state index contributed by atoms with van der Waals surface area (Å²) in [5.41, 5.74) is 5.51. The summed E-state index contributed by atoms with van der Waals surface area (Å²) in [4.78, 5) is 31.8. The number of nitrogens with two attached hydrogens (primary N) is 1. The quantitative estimate of drug-likeness (QED) is 0.293. The lowest BCUT2D eigenvalue weighted by Crippen LogP contribution is -2.51. The van der Waals surface area contributed by atoms with Crippen molar-refractivity contribution in [2.45, 2.75) is 38.8 Å². The van der Waals surface area contributed by atoms with E-state index < -0.39 is 47.0 Å². The summed E-state index contributed by atoms with van der Waals surface area (Å²) >= 11 is 0. The van der Waals surface area contributed by atoms with Crippen molar-refractivity contribution < 1.29 is 17.6 Å². The fraction of sp³-hybridized carbons (Fsp3) is 0.303. The molecule has 0 aliphatic carbocycles. The van der Waals surface area contributed by atoms with E-state index in [1.165, 1.54) is 6.92 Å². The number of piperazine rings is 1. The molecular weight excluding hydrogens is 588 g/mol. The van der Waals surface area contributed by atoms with E-state index in [1.54, 1.807) is 36.4 Å². The first-order valence-corrected chi connectivity index (χ1v) is 14.4. The summed E-state index contributed by atoms with van der Waals surface area (Å²) in [7, 11) is 0. The number of alkyl halides is 3. The van der Waals surface area contributed by atoms with Gasteiger partial charge in [-0.05, 0) is 42.3 Å². The van der Waals surface area contributed by atoms with E-state index in [0.717, 1.165) is 32.9 Å². The van der Waals surface area contributed by atoms with E-state index in [-0.39, 0.29) is 17.9 Å². The molecule has 1 aliphatic heterocycles. The number of anilines is 1. The maximum atomic E-state index is 14.9. The number of halogens is 4. The van der Waals surface area contributed by atoms with Crippen LogP contribution >= 0.6 is 0 Å². The van der Waals surface area contributed by atoms with Crippen molar-refractivity contribution in [3.05, 3.63) is 133 Å². The summed E-state index contributed by atoms with van der Waals surface area (Å²) < 4.78 is 58.6. The number of hydrogen-bond acceptors (Lipinski definition) is 6. The van der Waals surface area contributed by atoms with Gasteiger partial charge in [-0.2, -0.15) is 18.4 Å². The molecule has 1 fully saturated rings. The number of benzene rings is 3. The Labute approximate surface area is 257 Å². The molecule has 0 unspecified atom stereocenters. The van der Waals surface area contributed by atoms with Gasteiger partial charge < -0.3 is 10.6 Å². The third-order valence-corrected chi connectivity index (χ3v) is 8.16. The minimum Gasteiger partial charge on any atom is -0.363 e. The van der Waals surface area contributed by atoms with Crippen molar-refractivity contribution in [1.82, 2.24) is 14.0 Å². The molecule has 2 heterocycles. The van der Waals surface area contributed by atoms with Gasteiger partial charge in [-0.1, -0.05) is 48.5 Å². The van der Waals surface area contributed by atoms with Gasteiger partial charge >= 0.3 is 11.9 Å². The molecule has 8 nitrogen and oxygen atoms in total. The van der Waals surface area contributed by atoms with Crippen molar-refractivity contribution in [3.63, 3.8) is 0 Å². The van der Waals surface area contributed by atoms with Crippen LogP contribution in [0, 0.1) is 24.1 Å². The van der Waals surface area contributed by atoms with Crippen LogP contribution in [0.25, 0.3) is 0 Å². The van der Waals surface area contributed by atoms with Gasteiger partial charge in [0.2, 0.25) is 0 Å². The van der Waals surface area contributed by atoms with Gasteiger partial charge in [-0.3, -0.25) is 18.8 Å². The molecule has 0 amide bonds. The van der Waals surface area contributed by atoms with Crippen molar-refractivity contribution in [3.8, 4) is 6.07 Å². The first-order valence-electron chi connectivity index (χ1n) is 14.4. The van der Waals surface area contributed by atoms with Crippen molar-refractivity contribution in [2.75, 3.05) is 31.1 Å². The van der Waals surface area contributed by atoms with Crippen LogP contribution in [-0.4, -0.2) is 40.2 Å². The second-order valence-corrected chi connectivity index (χ2v) is 11.1. The largest absolute Gasteiger partial charge is 0.416 e. The number of nitriles is 1. The summed E-state index contributed by atoms with van der Waals surface area (Å²) in [5, 5.41) is 9.22. The minimum absolute atomic E-state index is 0.140. The average molecular weight is 621 g/mol. The maximum Gasteiger partial charge on any atom is 0.416 e. The molecule has 4 aromatic rings. The summed E-state index contributed by atoms with van der Waals surface area (Å²) in [6.07, 6.45) is -4.86. The monoisotopic (exact) mass is 620 g/mol. The van der Waals surface area contributed by atoms with Crippen LogP contribution in [0.4, 0.5) is 23.2 Å². The van der Waals surface area contributed by atoms with Gasteiger partial charge in [0.15, 0.2) is 0 Å². The third kappa shape index (κ3) is 6.84. The van der Waals surface area contributed by atoms with Gasteiger partial charge in [0.25, 0.3) is 5.56 Å². The molecule has 0 bridgehead atoms. The Morgan fingerprint density at radius 2 is 1.60 bits per heavy atom. The molecule has 45 heavy (non-hydrogen) atoms. The van der Waals surface area contributed by atoms with Gasteiger partial charge in [-0.15, -0.1) is 0 Å². The number of rotatable bonds is 8. The average Bonchev–Trinajstić information content (AvgIpc) is 3.02. The molecule has 0 radical (unpaired) electrons. The minimum atomic E-state index is -4.86. The van der Waals surface area contributed by atoms with E-state index in [1.807, 2.05) is 23.1 Å². The van der Waals surface area contributed by atoms with Gasteiger partial charge in [0.1, 0.15) is 11.5 Å². The molecule has 234 valence electrons. The standard InChI is InChI=1S/C33H32F4N6O2/c1-22-30(41-15-13-40(14-16-41)19-24-8-5-7-23(17-24)18-38)31(44)43(21-29(39)25-9-3-2-4-10-25)32(45)42(22)20-26-27(33(35,36)37)11-6-12-28(26)34/h2-12,17,29H,13-16,19-21,39H2,1H3/t29-/m1/s1. The van der Waals surface area contributed by atoms with Crippen LogP contribution in [-0.2, 0) is 25.8 Å². The Morgan fingerprint density at radius 3 is 2.27 bits per heavy atom. The van der Waals surface area contributed by atoms with Gasteiger partial charge in [0.05, 0.1) is 30.3 Å². The number of hydrogen-bond donors (Lipinski definition) is 1. The van der Waals surface area contributed by atoms with Crippen LogP contribution in [0.3, 0.4) is 0 Å². The second-order valence-electron chi connectivity index (χ2n) is 11.1. The first kappa shape index (κ1) is 31.7. The Balaban J connectivity index is 1.53. The zero-order chi connectivity index (χ0) is 32.3. The summed E-state index contributed by atoms with van der Waals surface area (Å²) in [6.45, 7) is 3.00. The number of nitrogens with zero attached hydrogens (tertiary/aromatic N) is 5. The van der Waals surface area contributed by atoms with Crippen LogP contribution in [0.5, 0.6) is 0 Å². The van der Waals surface area contributed by atoms with E-state index in [4.69, 9.17) is 5.73 Å². The highest BCUT2D eigenvalue weighted by Gasteiger charge is 2.35. The normalized spacial score (nSPS) is 14.7. The van der Waals surface area contributed by atoms with E-state index in [9.17, 15) is 32.4 Å². The molecule has 1 aliphatic rings. The zero-order valence-electron chi connectivity index (χ0n) is 24.6. The Kier molecular flexibility index (Phi) is 9.22.